The van der Waals surface area contributed by atoms with Gasteiger partial charge in [-0.15, -0.1) is 0 Å². The number of nitrogens with two attached hydrogens (primary N) is 1. The van der Waals surface area contributed by atoms with Crippen LogP contribution < -0.4 is 21.3 Å². The van der Waals surface area contributed by atoms with E-state index in [1.165, 1.54) is 0 Å². The molecule has 1 aromatic heterocycles. The Hall–Kier alpha value is -2.05. The number of hydrogen-bond donors (Lipinski definition) is 3. The molecule has 2 heterocycles. The third-order valence-electron chi connectivity index (χ3n) is 3.00. The van der Waals surface area contributed by atoms with Crippen LogP contribution in [0, 0.1) is 0 Å². The molecule has 98 valence electrons. The molecular weight excluding hydrogens is 232 g/mol. The molecule has 0 aliphatic carbocycles. The molecule has 1 amide bonds. The van der Waals surface area contributed by atoms with E-state index >= 15 is 0 Å². The number of nitrogens with one attached hydrogen (secondary N) is 2. The standard InChI is InChI=1S/C11H18N6O/c1-3-7-10(18)14-4-5-17(7)9-6-8(13-2)15-11(12)16-9/h6-7H,3-5H2,1-2H3,(H,14,18)(H3,12,13,15,16). The second kappa shape index (κ2) is 5.07. The number of nitrogen functional groups attached to an aromatic ring is 1. The van der Waals surface area contributed by atoms with Gasteiger partial charge in [0.15, 0.2) is 0 Å². The van der Waals surface area contributed by atoms with Crippen molar-refractivity contribution in [3.63, 3.8) is 0 Å². The van der Waals surface area contributed by atoms with Crippen molar-refractivity contribution in [2.24, 2.45) is 0 Å². The maximum atomic E-state index is 11.8. The molecule has 1 saturated heterocycles. The Morgan fingerprint density at radius 2 is 2.39 bits per heavy atom. The predicted octanol–water partition coefficient (Wildman–Crippen LogP) is -0.185. The summed E-state index contributed by atoms with van der Waals surface area (Å²) in [7, 11) is 1.77. The van der Waals surface area contributed by atoms with Crippen molar-refractivity contribution in [2.45, 2.75) is 19.4 Å². The van der Waals surface area contributed by atoms with Gasteiger partial charge in [-0.25, -0.2) is 0 Å². The zero-order valence-corrected chi connectivity index (χ0v) is 10.6. The molecule has 0 saturated carbocycles. The smallest absolute Gasteiger partial charge is 0.242 e. The molecule has 4 N–H and O–H groups in total. The van der Waals surface area contributed by atoms with Gasteiger partial charge in [0, 0.05) is 26.2 Å². The molecule has 18 heavy (non-hydrogen) atoms. The lowest BCUT2D eigenvalue weighted by Gasteiger charge is -2.35. The number of amides is 1. The number of carbonyl (C=O) groups is 1. The minimum Gasteiger partial charge on any atom is -0.373 e. The molecule has 1 atom stereocenters. The lowest BCUT2D eigenvalue weighted by atomic mass is 10.1. The summed E-state index contributed by atoms with van der Waals surface area (Å²) in [5.41, 5.74) is 5.67. The van der Waals surface area contributed by atoms with Crippen LogP contribution in [0.25, 0.3) is 0 Å². The molecule has 0 aromatic carbocycles. The molecular formula is C11H18N6O. The van der Waals surface area contributed by atoms with Crippen LogP contribution in [0.5, 0.6) is 0 Å². The molecule has 7 heteroatoms. The van der Waals surface area contributed by atoms with Crippen molar-refractivity contribution in [3.8, 4) is 0 Å². The summed E-state index contributed by atoms with van der Waals surface area (Å²) >= 11 is 0. The van der Waals surface area contributed by atoms with Crippen molar-refractivity contribution in [3.05, 3.63) is 6.07 Å². The van der Waals surface area contributed by atoms with Gasteiger partial charge >= 0.3 is 0 Å². The number of hydrogen-bond acceptors (Lipinski definition) is 6. The van der Waals surface area contributed by atoms with Gasteiger partial charge in [-0.2, -0.15) is 9.97 Å². The van der Waals surface area contributed by atoms with Gasteiger partial charge in [0.05, 0.1) is 0 Å². The summed E-state index contributed by atoms with van der Waals surface area (Å²) in [6, 6.07) is 1.61. The van der Waals surface area contributed by atoms with Crippen LogP contribution in [0.3, 0.4) is 0 Å². The lowest BCUT2D eigenvalue weighted by Crippen LogP contribution is -2.55. The highest BCUT2D eigenvalue weighted by Gasteiger charge is 2.29. The van der Waals surface area contributed by atoms with Gasteiger partial charge < -0.3 is 21.3 Å². The first-order valence-corrected chi connectivity index (χ1v) is 6.02. The van der Waals surface area contributed by atoms with Crippen LogP contribution in [-0.2, 0) is 4.79 Å². The summed E-state index contributed by atoms with van der Waals surface area (Å²) in [5.74, 6) is 1.58. The van der Waals surface area contributed by atoms with Gasteiger partial charge in [0.25, 0.3) is 0 Å². The quantitative estimate of drug-likeness (QED) is 0.688. The van der Waals surface area contributed by atoms with Crippen molar-refractivity contribution in [1.82, 2.24) is 15.3 Å². The molecule has 7 nitrogen and oxygen atoms in total. The van der Waals surface area contributed by atoms with Crippen LogP contribution in [0.2, 0.25) is 0 Å². The van der Waals surface area contributed by atoms with Gasteiger partial charge in [0.2, 0.25) is 11.9 Å². The average Bonchev–Trinajstić information content (AvgIpc) is 2.37. The largest absolute Gasteiger partial charge is 0.373 e. The molecule has 1 fully saturated rings. The molecule has 1 aromatic rings. The Kier molecular flexibility index (Phi) is 3.50. The van der Waals surface area contributed by atoms with Crippen molar-refractivity contribution in [1.29, 1.82) is 0 Å². The van der Waals surface area contributed by atoms with E-state index < -0.39 is 0 Å². The highest BCUT2D eigenvalue weighted by Crippen LogP contribution is 2.21. The summed E-state index contributed by atoms with van der Waals surface area (Å²) in [4.78, 5) is 22.0. The van der Waals surface area contributed by atoms with Crippen LogP contribution >= 0.6 is 0 Å². The highest BCUT2D eigenvalue weighted by atomic mass is 16.2. The van der Waals surface area contributed by atoms with Gasteiger partial charge in [-0.1, -0.05) is 6.92 Å². The van der Waals surface area contributed by atoms with E-state index in [0.717, 1.165) is 13.0 Å². The summed E-state index contributed by atoms with van der Waals surface area (Å²) in [6.45, 7) is 3.32. The topological polar surface area (TPSA) is 96.2 Å². The number of rotatable bonds is 3. The molecule has 0 spiro atoms. The third kappa shape index (κ3) is 2.29. The number of anilines is 3. The van der Waals surface area contributed by atoms with Crippen LogP contribution in [-0.4, -0.2) is 42.1 Å². The Morgan fingerprint density at radius 1 is 1.61 bits per heavy atom. The monoisotopic (exact) mass is 250 g/mol. The van der Waals surface area contributed by atoms with Crippen molar-refractivity contribution >= 4 is 23.5 Å². The lowest BCUT2D eigenvalue weighted by molar-refractivity contribution is -0.123. The number of carbonyl (C=O) groups excluding carboxylic acids is 1. The van der Waals surface area contributed by atoms with Gasteiger partial charge in [-0.3, -0.25) is 4.79 Å². The van der Waals surface area contributed by atoms with E-state index in [-0.39, 0.29) is 17.9 Å². The average molecular weight is 250 g/mol. The normalized spacial score (nSPS) is 19.6. The predicted molar refractivity (Wildman–Crippen MR) is 70.4 cm³/mol. The molecule has 1 unspecified atom stereocenters. The Balaban J connectivity index is 2.34. The minimum atomic E-state index is -0.197. The first-order chi connectivity index (χ1) is 8.65. The summed E-state index contributed by atoms with van der Waals surface area (Å²) in [5, 5.41) is 5.79. The minimum absolute atomic E-state index is 0.0342. The second-order valence-corrected chi connectivity index (χ2v) is 4.13. The van der Waals surface area contributed by atoms with E-state index in [9.17, 15) is 4.79 Å². The number of nitrogens with zero attached hydrogens (tertiary/aromatic N) is 3. The first kappa shape index (κ1) is 12.4. The van der Waals surface area contributed by atoms with E-state index in [4.69, 9.17) is 5.73 Å². The molecule has 2 rings (SSSR count). The SMILES string of the molecule is CCC1C(=O)NCCN1c1cc(NC)nc(N)n1. The first-order valence-electron chi connectivity index (χ1n) is 6.02. The van der Waals surface area contributed by atoms with Gasteiger partial charge in [-0.05, 0) is 6.42 Å². The maximum Gasteiger partial charge on any atom is 0.242 e. The van der Waals surface area contributed by atoms with Crippen LogP contribution in [0.1, 0.15) is 13.3 Å². The van der Waals surface area contributed by atoms with Crippen LogP contribution in [0.15, 0.2) is 6.07 Å². The summed E-state index contributed by atoms with van der Waals surface area (Å²) < 4.78 is 0. The maximum absolute atomic E-state index is 11.8. The fourth-order valence-corrected chi connectivity index (χ4v) is 2.12. The van der Waals surface area contributed by atoms with Crippen LogP contribution in [0.4, 0.5) is 17.6 Å². The van der Waals surface area contributed by atoms with E-state index in [1.807, 2.05) is 11.8 Å². The van der Waals surface area contributed by atoms with Crippen molar-refractivity contribution in [2.75, 3.05) is 36.1 Å². The zero-order chi connectivity index (χ0) is 13.1. The fourth-order valence-electron chi connectivity index (χ4n) is 2.12. The molecule has 1 aliphatic rings. The van der Waals surface area contributed by atoms with E-state index in [0.29, 0.717) is 18.2 Å². The second-order valence-electron chi connectivity index (χ2n) is 4.13. The molecule has 1 aliphatic heterocycles. The number of piperazine rings is 1. The Labute approximate surface area is 106 Å². The Morgan fingerprint density at radius 3 is 3.06 bits per heavy atom. The summed E-state index contributed by atoms with van der Waals surface area (Å²) in [6.07, 6.45) is 0.727. The van der Waals surface area contributed by atoms with Crippen molar-refractivity contribution < 1.29 is 4.79 Å². The van der Waals surface area contributed by atoms with E-state index in [1.54, 1.807) is 13.1 Å². The third-order valence-corrected chi connectivity index (χ3v) is 3.00. The molecule has 0 bridgehead atoms. The molecule has 0 radical (unpaired) electrons. The van der Waals surface area contributed by atoms with Gasteiger partial charge in [0.1, 0.15) is 17.7 Å². The zero-order valence-electron chi connectivity index (χ0n) is 10.6. The Bertz CT molecular complexity index is 449. The number of aromatic nitrogens is 2. The highest BCUT2D eigenvalue weighted by molar-refractivity contribution is 5.86. The van der Waals surface area contributed by atoms with E-state index in [2.05, 4.69) is 20.6 Å². The fraction of sp³-hybridized carbons (Fsp3) is 0.545.